The van der Waals surface area contributed by atoms with Crippen molar-refractivity contribution in [3.63, 3.8) is 0 Å². The molecule has 1 atom stereocenters. The summed E-state index contributed by atoms with van der Waals surface area (Å²) in [6.45, 7) is 1.33. The van der Waals surface area contributed by atoms with Gasteiger partial charge < -0.3 is 9.74 Å². The molecule has 12 heteroatoms. The Bertz CT molecular complexity index is 1140. The van der Waals surface area contributed by atoms with Crippen LogP contribution in [0.5, 0.6) is 0 Å². The maximum Gasteiger partial charge on any atom is 0.269 e. The topological polar surface area (TPSA) is 109 Å². The minimum atomic E-state index is -4.23. The fourth-order valence-electron chi connectivity index (χ4n) is 4.02. The lowest BCUT2D eigenvalue weighted by Gasteiger charge is -2.30. The van der Waals surface area contributed by atoms with Crippen LogP contribution in [0.25, 0.3) is 0 Å². The van der Waals surface area contributed by atoms with Gasteiger partial charge in [-0.3, -0.25) is 9.35 Å². The quantitative estimate of drug-likeness (QED) is 0.458. The van der Waals surface area contributed by atoms with Gasteiger partial charge in [-0.1, -0.05) is 28.9 Å². The molecule has 0 bridgehead atoms. The van der Waals surface area contributed by atoms with Crippen molar-refractivity contribution in [3.8, 4) is 0 Å². The number of carbonyl (C=O) groups excluding carboxylic acids is 1. The smallest absolute Gasteiger partial charge is 0.269 e. The van der Waals surface area contributed by atoms with Gasteiger partial charge in [0, 0.05) is 41.4 Å². The molecular formula is C20H21Cl2N3O5S2. The average Bonchev–Trinajstić information content (AvgIpc) is 3.42. The van der Waals surface area contributed by atoms with E-state index in [1.54, 1.807) is 34.4 Å². The van der Waals surface area contributed by atoms with E-state index in [9.17, 15) is 17.8 Å². The Kier molecular flexibility index (Phi) is 7.06. The lowest BCUT2D eigenvalue weighted by molar-refractivity contribution is -0.129. The maximum absolute atomic E-state index is 11.8. The number of amides is 1. The third-order valence-electron chi connectivity index (χ3n) is 5.60. The standard InChI is InChI=1S/C20H21Cl2N3O5S2/c21-9-18(26)25-6-4-12(5-7-25)20-23-16(10-31-20)15-8-17(30-24-15)19-13(11-32(27,28)29)2-1-3-14(19)22/h1-3,10,12,17H,4-9,11H2,(H,27,28,29). The molecule has 0 saturated carbocycles. The molecular weight excluding hydrogens is 497 g/mol. The number of nitrogens with zero attached hydrogens (tertiary/aromatic N) is 3. The molecule has 0 spiro atoms. The van der Waals surface area contributed by atoms with E-state index in [1.807, 2.05) is 5.38 Å². The first-order valence-electron chi connectivity index (χ1n) is 10.00. The van der Waals surface area contributed by atoms with E-state index in [2.05, 4.69) is 5.16 Å². The highest BCUT2D eigenvalue weighted by Gasteiger charge is 2.31. The van der Waals surface area contributed by atoms with E-state index in [4.69, 9.17) is 33.0 Å². The Morgan fingerprint density at radius 1 is 1.31 bits per heavy atom. The number of carbonyl (C=O) groups is 1. The van der Waals surface area contributed by atoms with Gasteiger partial charge in [0.1, 0.15) is 17.3 Å². The molecule has 2 aromatic rings. The number of hydrogen-bond donors (Lipinski definition) is 1. The molecule has 1 amide bonds. The molecule has 2 aliphatic heterocycles. The largest absolute Gasteiger partial charge is 0.387 e. The van der Waals surface area contributed by atoms with Gasteiger partial charge in [-0.05, 0) is 24.5 Å². The van der Waals surface area contributed by atoms with Gasteiger partial charge in [0.15, 0.2) is 6.10 Å². The molecule has 0 radical (unpaired) electrons. The van der Waals surface area contributed by atoms with Crippen LogP contribution in [0.2, 0.25) is 5.02 Å². The number of piperidine rings is 1. The van der Waals surface area contributed by atoms with Gasteiger partial charge in [0.25, 0.3) is 10.1 Å². The molecule has 172 valence electrons. The summed E-state index contributed by atoms with van der Waals surface area (Å²) in [4.78, 5) is 23.9. The van der Waals surface area contributed by atoms with Gasteiger partial charge in [-0.15, -0.1) is 22.9 Å². The van der Waals surface area contributed by atoms with Crippen LogP contribution in [0.1, 0.15) is 53.1 Å². The Labute approximate surface area is 199 Å². The second-order valence-electron chi connectivity index (χ2n) is 7.73. The zero-order valence-corrected chi connectivity index (χ0v) is 20.1. The van der Waals surface area contributed by atoms with Crippen LogP contribution >= 0.6 is 34.5 Å². The van der Waals surface area contributed by atoms with Crippen LogP contribution in [-0.4, -0.2) is 53.4 Å². The number of hydrogen-bond acceptors (Lipinski definition) is 7. The van der Waals surface area contributed by atoms with Crippen molar-refractivity contribution in [1.29, 1.82) is 0 Å². The summed E-state index contributed by atoms with van der Waals surface area (Å²) >= 11 is 13.5. The van der Waals surface area contributed by atoms with Crippen molar-refractivity contribution in [2.75, 3.05) is 19.0 Å². The second-order valence-corrected chi connectivity index (χ2v) is 10.8. The predicted octanol–water partition coefficient (Wildman–Crippen LogP) is 3.99. The number of benzene rings is 1. The highest BCUT2D eigenvalue weighted by molar-refractivity contribution is 7.85. The zero-order chi connectivity index (χ0) is 22.9. The summed E-state index contributed by atoms with van der Waals surface area (Å²) in [6, 6.07) is 4.87. The molecule has 1 saturated heterocycles. The molecule has 32 heavy (non-hydrogen) atoms. The number of halogens is 2. The molecule has 3 heterocycles. The third-order valence-corrected chi connectivity index (χ3v) is 7.84. The van der Waals surface area contributed by atoms with Crippen molar-refractivity contribution in [1.82, 2.24) is 9.88 Å². The van der Waals surface area contributed by atoms with Crippen LogP contribution in [0.3, 0.4) is 0 Å². The van der Waals surface area contributed by atoms with Crippen molar-refractivity contribution >= 4 is 56.3 Å². The fraction of sp³-hybridized carbons (Fsp3) is 0.450. The molecule has 0 aliphatic carbocycles. The third kappa shape index (κ3) is 5.26. The molecule has 1 fully saturated rings. The Balaban J connectivity index is 1.45. The van der Waals surface area contributed by atoms with Crippen molar-refractivity contribution in [2.24, 2.45) is 5.16 Å². The molecule has 4 rings (SSSR count). The van der Waals surface area contributed by atoms with E-state index in [0.29, 0.717) is 41.4 Å². The molecule has 1 aromatic carbocycles. The Hall–Kier alpha value is -1.72. The van der Waals surface area contributed by atoms with Gasteiger partial charge in [-0.2, -0.15) is 8.42 Å². The van der Waals surface area contributed by atoms with E-state index in [-0.39, 0.29) is 17.7 Å². The van der Waals surface area contributed by atoms with E-state index < -0.39 is 22.0 Å². The Morgan fingerprint density at radius 2 is 2.06 bits per heavy atom. The number of alkyl halides is 1. The fourth-order valence-corrected chi connectivity index (χ4v) is 6.15. The van der Waals surface area contributed by atoms with Crippen LogP contribution in [0.4, 0.5) is 0 Å². The zero-order valence-electron chi connectivity index (χ0n) is 16.9. The number of oxime groups is 1. The van der Waals surface area contributed by atoms with E-state index in [0.717, 1.165) is 23.5 Å². The lowest BCUT2D eigenvalue weighted by Crippen LogP contribution is -2.38. The molecule has 1 aromatic heterocycles. The van der Waals surface area contributed by atoms with Crippen LogP contribution < -0.4 is 0 Å². The monoisotopic (exact) mass is 517 g/mol. The number of aromatic nitrogens is 1. The number of likely N-dealkylation sites (tertiary alicyclic amines) is 1. The highest BCUT2D eigenvalue weighted by atomic mass is 35.5. The van der Waals surface area contributed by atoms with Crippen molar-refractivity contribution in [3.05, 3.63) is 50.4 Å². The molecule has 8 nitrogen and oxygen atoms in total. The lowest BCUT2D eigenvalue weighted by atomic mass is 9.97. The Morgan fingerprint density at radius 3 is 2.75 bits per heavy atom. The predicted molar refractivity (Wildman–Crippen MR) is 123 cm³/mol. The summed E-state index contributed by atoms with van der Waals surface area (Å²) in [6.07, 6.45) is 1.48. The normalized spacial score (nSPS) is 19.7. The van der Waals surface area contributed by atoms with Crippen molar-refractivity contribution in [2.45, 2.75) is 37.0 Å². The first-order valence-corrected chi connectivity index (χ1v) is 13.4. The van der Waals surface area contributed by atoms with Crippen molar-refractivity contribution < 1.29 is 22.6 Å². The van der Waals surface area contributed by atoms with Gasteiger partial charge >= 0.3 is 0 Å². The number of rotatable bonds is 6. The summed E-state index contributed by atoms with van der Waals surface area (Å²) in [5.74, 6) is -0.313. The maximum atomic E-state index is 11.8. The van der Waals surface area contributed by atoms with Crippen LogP contribution in [0, 0.1) is 0 Å². The summed E-state index contributed by atoms with van der Waals surface area (Å²) in [5.41, 5.74) is 2.25. The summed E-state index contributed by atoms with van der Waals surface area (Å²) < 4.78 is 32.1. The van der Waals surface area contributed by atoms with E-state index in [1.165, 1.54) is 0 Å². The minimum Gasteiger partial charge on any atom is -0.387 e. The first-order chi connectivity index (χ1) is 15.2. The molecule has 1 N–H and O–H groups in total. The molecule has 1 unspecified atom stereocenters. The summed E-state index contributed by atoms with van der Waals surface area (Å²) in [7, 11) is -4.23. The SMILES string of the molecule is O=C(CCl)N1CCC(c2nc(C3=NOC(c4c(Cl)cccc4CS(=O)(=O)O)C3)cs2)CC1. The van der Waals surface area contributed by atoms with Gasteiger partial charge in [0.2, 0.25) is 5.91 Å². The second kappa shape index (κ2) is 9.64. The first kappa shape index (κ1) is 23.4. The minimum absolute atomic E-state index is 0.00440. The van der Waals surface area contributed by atoms with Gasteiger partial charge in [-0.25, -0.2) is 4.98 Å². The van der Waals surface area contributed by atoms with Crippen LogP contribution in [-0.2, 0) is 25.5 Å². The van der Waals surface area contributed by atoms with Gasteiger partial charge in [0.05, 0.1) is 10.7 Å². The molecule has 2 aliphatic rings. The van der Waals surface area contributed by atoms with E-state index >= 15 is 0 Å². The number of thiazole rings is 1. The highest BCUT2D eigenvalue weighted by Crippen LogP contribution is 2.38. The van der Waals surface area contributed by atoms with Crippen LogP contribution in [0.15, 0.2) is 28.7 Å². The average molecular weight is 518 g/mol. The summed E-state index contributed by atoms with van der Waals surface area (Å²) in [5, 5.41) is 7.45.